The van der Waals surface area contributed by atoms with Crippen LogP contribution in [0.15, 0.2) is 24.4 Å². The van der Waals surface area contributed by atoms with Crippen molar-refractivity contribution in [2.45, 2.75) is 12.5 Å². The Bertz CT molecular complexity index is 613. The molecule has 1 aromatic carbocycles. The number of halogens is 2. The van der Waals surface area contributed by atoms with Crippen LogP contribution >= 0.6 is 0 Å². The number of benzene rings is 1. The summed E-state index contributed by atoms with van der Waals surface area (Å²) < 4.78 is 25.9. The van der Waals surface area contributed by atoms with Crippen LogP contribution in [0.25, 0.3) is 11.3 Å². The number of imidazole rings is 1. The van der Waals surface area contributed by atoms with E-state index in [1.165, 1.54) is 12.3 Å². The lowest BCUT2D eigenvalue weighted by molar-refractivity contribution is -0.137. The summed E-state index contributed by atoms with van der Waals surface area (Å²) in [4.78, 5) is 17.3. The molecule has 2 rings (SSSR count). The summed E-state index contributed by atoms with van der Waals surface area (Å²) in [5.41, 5.74) is 6.48. The molecule has 0 saturated carbocycles. The molecule has 0 amide bonds. The molecule has 0 spiro atoms. The van der Waals surface area contributed by atoms with Crippen molar-refractivity contribution in [2.75, 3.05) is 0 Å². The van der Waals surface area contributed by atoms with Crippen LogP contribution < -0.4 is 5.73 Å². The van der Waals surface area contributed by atoms with Gasteiger partial charge in [-0.05, 0) is 18.2 Å². The summed E-state index contributed by atoms with van der Waals surface area (Å²) >= 11 is 0. The molecule has 1 atom stereocenters. The van der Waals surface area contributed by atoms with Crippen molar-refractivity contribution < 1.29 is 18.7 Å². The second-order valence-electron chi connectivity index (χ2n) is 4.02. The smallest absolute Gasteiger partial charge is 0.305 e. The molecule has 0 bridgehead atoms. The van der Waals surface area contributed by atoms with Crippen molar-refractivity contribution in [1.82, 2.24) is 9.97 Å². The second kappa shape index (κ2) is 5.15. The van der Waals surface area contributed by atoms with E-state index in [1.807, 2.05) is 0 Å². The van der Waals surface area contributed by atoms with Crippen LogP contribution in [-0.4, -0.2) is 21.0 Å². The molecule has 1 aromatic heterocycles. The van der Waals surface area contributed by atoms with Crippen molar-refractivity contribution in [1.29, 1.82) is 0 Å². The predicted molar refractivity (Wildman–Crippen MR) is 63.1 cm³/mol. The van der Waals surface area contributed by atoms with Crippen LogP contribution in [0.1, 0.15) is 18.3 Å². The summed E-state index contributed by atoms with van der Waals surface area (Å²) in [6, 6.07) is 2.63. The highest BCUT2D eigenvalue weighted by Crippen LogP contribution is 2.21. The maximum Gasteiger partial charge on any atom is 0.305 e. The van der Waals surface area contributed by atoms with Crippen LogP contribution in [0.2, 0.25) is 0 Å². The molecule has 100 valence electrons. The third-order valence-corrected chi connectivity index (χ3v) is 2.57. The molecule has 1 heterocycles. The molecule has 0 radical (unpaired) electrons. The molecular weight excluding hydrogens is 256 g/mol. The lowest BCUT2D eigenvalue weighted by Crippen LogP contribution is -2.16. The fourth-order valence-corrected chi connectivity index (χ4v) is 1.62. The van der Waals surface area contributed by atoms with E-state index in [4.69, 9.17) is 10.8 Å². The fourth-order valence-electron chi connectivity index (χ4n) is 1.62. The minimum Gasteiger partial charge on any atom is -0.481 e. The number of carboxylic acids is 1. The van der Waals surface area contributed by atoms with Gasteiger partial charge in [0.2, 0.25) is 0 Å². The number of aromatic nitrogens is 2. The minimum atomic E-state index is -1.04. The Morgan fingerprint density at radius 3 is 2.79 bits per heavy atom. The molecule has 4 N–H and O–H groups in total. The number of hydrogen-bond acceptors (Lipinski definition) is 3. The lowest BCUT2D eigenvalue weighted by Gasteiger charge is -2.04. The van der Waals surface area contributed by atoms with Gasteiger partial charge < -0.3 is 15.8 Å². The van der Waals surface area contributed by atoms with Crippen LogP contribution in [0.3, 0.4) is 0 Å². The highest BCUT2D eigenvalue weighted by atomic mass is 19.2. The average Bonchev–Trinajstić information content (AvgIpc) is 2.81. The zero-order chi connectivity index (χ0) is 14.0. The first-order valence-corrected chi connectivity index (χ1v) is 5.45. The van der Waals surface area contributed by atoms with Gasteiger partial charge in [0.15, 0.2) is 11.6 Å². The number of nitrogens with zero attached hydrogens (tertiary/aromatic N) is 1. The van der Waals surface area contributed by atoms with Gasteiger partial charge >= 0.3 is 5.97 Å². The molecule has 1 unspecified atom stereocenters. The van der Waals surface area contributed by atoms with E-state index in [9.17, 15) is 13.6 Å². The molecule has 0 aliphatic carbocycles. The zero-order valence-corrected chi connectivity index (χ0v) is 9.73. The SMILES string of the molecule is NC(CC(=O)O)c1ncc(-c2ccc(F)c(F)c2)[nH]1. The van der Waals surface area contributed by atoms with Gasteiger partial charge in [-0.15, -0.1) is 0 Å². The van der Waals surface area contributed by atoms with E-state index in [-0.39, 0.29) is 12.2 Å². The average molecular weight is 267 g/mol. The predicted octanol–water partition coefficient (Wildman–Crippen LogP) is 1.83. The van der Waals surface area contributed by atoms with Gasteiger partial charge in [-0.2, -0.15) is 0 Å². The third-order valence-electron chi connectivity index (χ3n) is 2.57. The Morgan fingerprint density at radius 1 is 1.42 bits per heavy atom. The van der Waals surface area contributed by atoms with E-state index in [0.29, 0.717) is 11.3 Å². The number of aromatic amines is 1. The van der Waals surface area contributed by atoms with Gasteiger partial charge in [0.1, 0.15) is 5.82 Å². The molecule has 19 heavy (non-hydrogen) atoms. The summed E-state index contributed by atoms with van der Waals surface area (Å²) in [5, 5.41) is 8.62. The van der Waals surface area contributed by atoms with Gasteiger partial charge in [-0.1, -0.05) is 0 Å². The molecular formula is C12H11F2N3O2. The third kappa shape index (κ3) is 2.94. The Labute approximate surface area is 107 Å². The Morgan fingerprint density at radius 2 is 2.16 bits per heavy atom. The Hall–Kier alpha value is -2.28. The number of nitrogens with one attached hydrogen (secondary N) is 1. The van der Waals surface area contributed by atoms with Crippen molar-refractivity contribution in [3.05, 3.63) is 41.9 Å². The van der Waals surface area contributed by atoms with Crippen molar-refractivity contribution in [2.24, 2.45) is 5.73 Å². The molecule has 2 aromatic rings. The van der Waals surface area contributed by atoms with Gasteiger partial charge in [-0.25, -0.2) is 13.8 Å². The van der Waals surface area contributed by atoms with E-state index >= 15 is 0 Å². The summed E-state index contributed by atoms with van der Waals surface area (Å²) in [5.74, 6) is -2.67. The summed E-state index contributed by atoms with van der Waals surface area (Å²) in [7, 11) is 0. The maximum atomic E-state index is 13.1. The van der Waals surface area contributed by atoms with Crippen molar-refractivity contribution >= 4 is 5.97 Å². The summed E-state index contributed by atoms with van der Waals surface area (Å²) in [6.07, 6.45) is 1.12. The Kier molecular flexibility index (Phi) is 3.57. The van der Waals surface area contributed by atoms with Gasteiger partial charge in [0, 0.05) is 5.56 Å². The van der Waals surface area contributed by atoms with E-state index in [2.05, 4.69) is 9.97 Å². The van der Waals surface area contributed by atoms with Crippen LogP contribution in [0.4, 0.5) is 8.78 Å². The molecule has 0 fully saturated rings. The van der Waals surface area contributed by atoms with Crippen molar-refractivity contribution in [3.63, 3.8) is 0 Å². The number of rotatable bonds is 4. The normalized spacial score (nSPS) is 12.4. The van der Waals surface area contributed by atoms with E-state index in [0.717, 1.165) is 12.1 Å². The number of aliphatic carboxylic acids is 1. The quantitative estimate of drug-likeness (QED) is 0.788. The lowest BCUT2D eigenvalue weighted by atomic mass is 10.1. The molecule has 7 heteroatoms. The highest BCUT2D eigenvalue weighted by Gasteiger charge is 2.15. The number of nitrogens with two attached hydrogens (primary N) is 1. The first kappa shape index (κ1) is 13.2. The van der Waals surface area contributed by atoms with Crippen LogP contribution in [0, 0.1) is 11.6 Å². The maximum absolute atomic E-state index is 13.1. The van der Waals surface area contributed by atoms with Crippen LogP contribution in [-0.2, 0) is 4.79 Å². The van der Waals surface area contributed by atoms with E-state index in [1.54, 1.807) is 0 Å². The zero-order valence-electron chi connectivity index (χ0n) is 9.73. The number of hydrogen-bond donors (Lipinski definition) is 3. The molecule has 5 nitrogen and oxygen atoms in total. The first-order valence-electron chi connectivity index (χ1n) is 5.45. The standard InChI is InChI=1S/C12H11F2N3O2/c13-7-2-1-6(3-8(7)14)10-5-16-12(17-10)9(15)4-11(18)19/h1-3,5,9H,4,15H2,(H,16,17)(H,18,19). The van der Waals surface area contributed by atoms with Gasteiger partial charge in [0.25, 0.3) is 0 Å². The molecule has 0 saturated heterocycles. The molecule has 0 aliphatic rings. The van der Waals surface area contributed by atoms with Crippen LogP contribution in [0.5, 0.6) is 0 Å². The molecule has 0 aliphatic heterocycles. The van der Waals surface area contributed by atoms with Crippen molar-refractivity contribution in [3.8, 4) is 11.3 Å². The largest absolute Gasteiger partial charge is 0.481 e. The monoisotopic (exact) mass is 267 g/mol. The number of carboxylic acid groups (broad SMARTS) is 1. The Balaban J connectivity index is 2.25. The van der Waals surface area contributed by atoms with Gasteiger partial charge in [-0.3, -0.25) is 4.79 Å². The minimum absolute atomic E-state index is 0.273. The topological polar surface area (TPSA) is 92.0 Å². The number of H-pyrrole nitrogens is 1. The number of carbonyl (C=O) groups is 1. The van der Waals surface area contributed by atoms with E-state index < -0.39 is 23.6 Å². The first-order chi connectivity index (χ1) is 8.97. The fraction of sp³-hybridized carbons (Fsp3) is 0.167. The second-order valence-corrected chi connectivity index (χ2v) is 4.02. The summed E-state index contributed by atoms with van der Waals surface area (Å²) in [6.45, 7) is 0. The van der Waals surface area contributed by atoms with Gasteiger partial charge in [0.05, 0.1) is 24.4 Å². The highest BCUT2D eigenvalue weighted by molar-refractivity contribution is 5.67.